The van der Waals surface area contributed by atoms with Gasteiger partial charge in [0, 0.05) is 39.2 Å². The van der Waals surface area contributed by atoms with Crippen molar-refractivity contribution in [3.8, 4) is 0 Å². The van der Waals surface area contributed by atoms with Crippen molar-refractivity contribution < 1.29 is 9.32 Å². The van der Waals surface area contributed by atoms with E-state index in [-0.39, 0.29) is 5.91 Å². The number of nitrogens with one attached hydrogen (secondary N) is 1. The average Bonchev–Trinajstić information content (AvgIpc) is 3.22. The van der Waals surface area contributed by atoms with Gasteiger partial charge in [0.05, 0.1) is 18.8 Å². The fourth-order valence-electron chi connectivity index (χ4n) is 3.19. The number of hydrogen-bond donors (Lipinski definition) is 1. The van der Waals surface area contributed by atoms with E-state index in [4.69, 9.17) is 4.52 Å². The Balaban J connectivity index is 1.47. The van der Waals surface area contributed by atoms with E-state index in [0.29, 0.717) is 30.8 Å². The number of hydrogen-bond acceptors (Lipinski definition) is 7. The second-order valence-electron chi connectivity index (χ2n) is 6.67. The van der Waals surface area contributed by atoms with E-state index in [1.54, 1.807) is 11.6 Å². The summed E-state index contributed by atoms with van der Waals surface area (Å²) in [6.45, 7) is 6.48. The Hall–Kier alpha value is -2.26. The predicted molar refractivity (Wildman–Crippen MR) is 91.9 cm³/mol. The van der Waals surface area contributed by atoms with Gasteiger partial charge < -0.3 is 9.84 Å². The fourth-order valence-corrected chi connectivity index (χ4v) is 3.19. The Morgan fingerprint density at radius 2 is 2.28 bits per heavy atom. The molecule has 0 aliphatic carbocycles. The van der Waals surface area contributed by atoms with Crippen LogP contribution in [0, 0.1) is 13.8 Å². The number of amides is 1. The highest BCUT2D eigenvalue weighted by Gasteiger charge is 2.27. The monoisotopic (exact) mass is 347 g/mol. The van der Waals surface area contributed by atoms with Crippen LogP contribution in [0.4, 0.5) is 5.82 Å². The number of carbonyl (C=O) groups excluding carboxylic acids is 1. The molecular formula is C16H25N7O2. The molecule has 0 saturated carbocycles. The van der Waals surface area contributed by atoms with Crippen LogP contribution in [0.15, 0.2) is 10.6 Å². The number of aryl methyl sites for hydroxylation is 3. The SMILES string of the molecule is Cc1cc(NC(=O)CN2CCC(N(C)Cc3noc(C)n3)C2)n(C)n1. The molecule has 1 atom stereocenters. The average molecular weight is 347 g/mol. The van der Waals surface area contributed by atoms with Crippen molar-refractivity contribution in [2.24, 2.45) is 7.05 Å². The number of likely N-dealkylation sites (tertiary alicyclic amines) is 1. The van der Waals surface area contributed by atoms with Gasteiger partial charge in [-0.25, -0.2) is 0 Å². The van der Waals surface area contributed by atoms with Crippen LogP contribution >= 0.6 is 0 Å². The number of aromatic nitrogens is 4. The van der Waals surface area contributed by atoms with E-state index in [1.807, 2.05) is 20.0 Å². The Kier molecular flexibility index (Phi) is 5.14. The van der Waals surface area contributed by atoms with Gasteiger partial charge in [0.1, 0.15) is 5.82 Å². The van der Waals surface area contributed by atoms with Crippen LogP contribution in [-0.2, 0) is 18.4 Å². The number of carbonyl (C=O) groups is 1. The van der Waals surface area contributed by atoms with Gasteiger partial charge in [0.25, 0.3) is 0 Å². The van der Waals surface area contributed by atoms with Crippen molar-refractivity contribution in [3.63, 3.8) is 0 Å². The zero-order valence-electron chi connectivity index (χ0n) is 15.2. The van der Waals surface area contributed by atoms with Gasteiger partial charge in [-0.3, -0.25) is 19.3 Å². The zero-order valence-corrected chi connectivity index (χ0v) is 15.2. The minimum atomic E-state index is -0.0138. The van der Waals surface area contributed by atoms with Gasteiger partial charge in [0.15, 0.2) is 5.82 Å². The molecule has 0 radical (unpaired) electrons. The highest BCUT2D eigenvalue weighted by Crippen LogP contribution is 2.16. The zero-order chi connectivity index (χ0) is 18.0. The van der Waals surface area contributed by atoms with Crippen LogP contribution < -0.4 is 5.32 Å². The molecule has 1 unspecified atom stereocenters. The Labute approximate surface area is 147 Å². The molecule has 1 fully saturated rings. The predicted octanol–water partition coefficient (Wildman–Crippen LogP) is 0.565. The second kappa shape index (κ2) is 7.32. The van der Waals surface area contributed by atoms with E-state index >= 15 is 0 Å². The molecule has 1 aliphatic rings. The standard InChI is InChI=1S/C16H25N7O2/c1-11-7-15(22(4)19-11)18-16(24)10-23-6-5-13(8-23)21(3)9-14-17-12(2)25-20-14/h7,13H,5-6,8-10H2,1-4H3,(H,18,24). The minimum Gasteiger partial charge on any atom is -0.340 e. The van der Waals surface area contributed by atoms with Crippen LogP contribution in [0.1, 0.15) is 23.8 Å². The lowest BCUT2D eigenvalue weighted by Gasteiger charge is -2.23. The highest BCUT2D eigenvalue weighted by atomic mass is 16.5. The van der Waals surface area contributed by atoms with Gasteiger partial charge in [-0.05, 0) is 20.4 Å². The summed E-state index contributed by atoms with van der Waals surface area (Å²) in [5.74, 6) is 1.99. The molecule has 1 aliphatic heterocycles. The maximum Gasteiger partial charge on any atom is 0.239 e. The van der Waals surface area contributed by atoms with Gasteiger partial charge in [-0.2, -0.15) is 10.1 Å². The Morgan fingerprint density at radius 1 is 1.48 bits per heavy atom. The molecular weight excluding hydrogens is 322 g/mol. The van der Waals surface area contributed by atoms with Crippen molar-refractivity contribution in [2.75, 3.05) is 32.0 Å². The van der Waals surface area contributed by atoms with Gasteiger partial charge in [0.2, 0.25) is 11.8 Å². The summed E-state index contributed by atoms with van der Waals surface area (Å²) >= 11 is 0. The smallest absolute Gasteiger partial charge is 0.239 e. The number of nitrogens with zero attached hydrogens (tertiary/aromatic N) is 6. The topological polar surface area (TPSA) is 92.3 Å². The molecule has 2 aromatic rings. The van der Waals surface area contributed by atoms with Crippen LogP contribution in [0.5, 0.6) is 0 Å². The van der Waals surface area contributed by atoms with Crippen LogP contribution in [0.2, 0.25) is 0 Å². The largest absolute Gasteiger partial charge is 0.340 e. The molecule has 25 heavy (non-hydrogen) atoms. The fraction of sp³-hybridized carbons (Fsp3) is 0.625. The second-order valence-corrected chi connectivity index (χ2v) is 6.67. The third kappa shape index (κ3) is 4.43. The van der Waals surface area contributed by atoms with Crippen molar-refractivity contribution >= 4 is 11.7 Å². The maximum atomic E-state index is 12.3. The van der Waals surface area contributed by atoms with E-state index in [2.05, 4.69) is 37.4 Å². The first-order valence-electron chi connectivity index (χ1n) is 8.43. The summed E-state index contributed by atoms with van der Waals surface area (Å²) < 4.78 is 6.69. The van der Waals surface area contributed by atoms with Gasteiger partial charge >= 0.3 is 0 Å². The first kappa shape index (κ1) is 17.6. The van der Waals surface area contributed by atoms with Crippen LogP contribution in [0.25, 0.3) is 0 Å². The van der Waals surface area contributed by atoms with Crippen LogP contribution in [-0.4, -0.2) is 68.4 Å². The molecule has 1 N–H and O–H groups in total. The van der Waals surface area contributed by atoms with Crippen molar-refractivity contribution in [2.45, 2.75) is 32.9 Å². The van der Waals surface area contributed by atoms with Gasteiger partial charge in [-0.15, -0.1) is 0 Å². The number of rotatable bonds is 6. The van der Waals surface area contributed by atoms with E-state index in [0.717, 1.165) is 31.0 Å². The Bertz CT molecular complexity index is 739. The summed E-state index contributed by atoms with van der Waals surface area (Å²) in [5, 5.41) is 11.1. The molecule has 0 aromatic carbocycles. The van der Waals surface area contributed by atoms with Crippen molar-refractivity contribution in [1.29, 1.82) is 0 Å². The molecule has 3 rings (SSSR count). The summed E-state index contributed by atoms with van der Waals surface area (Å²) in [6, 6.07) is 2.25. The summed E-state index contributed by atoms with van der Waals surface area (Å²) in [4.78, 5) is 20.9. The first-order valence-corrected chi connectivity index (χ1v) is 8.43. The molecule has 1 amide bonds. The molecule has 2 aromatic heterocycles. The lowest BCUT2D eigenvalue weighted by Crippen LogP contribution is -2.37. The quantitative estimate of drug-likeness (QED) is 0.816. The van der Waals surface area contributed by atoms with E-state index in [1.165, 1.54) is 0 Å². The molecule has 9 nitrogen and oxygen atoms in total. The highest BCUT2D eigenvalue weighted by molar-refractivity contribution is 5.91. The normalized spacial score (nSPS) is 18.2. The molecule has 136 valence electrons. The third-order valence-corrected chi connectivity index (χ3v) is 4.47. The maximum absolute atomic E-state index is 12.3. The van der Waals surface area contributed by atoms with E-state index in [9.17, 15) is 4.79 Å². The van der Waals surface area contributed by atoms with Gasteiger partial charge in [-0.1, -0.05) is 5.16 Å². The van der Waals surface area contributed by atoms with Crippen molar-refractivity contribution in [1.82, 2.24) is 29.7 Å². The number of anilines is 1. The first-order chi connectivity index (χ1) is 11.9. The molecule has 3 heterocycles. The van der Waals surface area contributed by atoms with Crippen molar-refractivity contribution in [3.05, 3.63) is 23.5 Å². The summed E-state index contributed by atoms with van der Waals surface area (Å²) in [5.41, 5.74) is 0.886. The third-order valence-electron chi connectivity index (χ3n) is 4.47. The summed E-state index contributed by atoms with van der Waals surface area (Å²) in [7, 11) is 3.88. The lowest BCUT2D eigenvalue weighted by molar-refractivity contribution is -0.117. The van der Waals surface area contributed by atoms with Crippen LogP contribution in [0.3, 0.4) is 0 Å². The molecule has 0 bridgehead atoms. The molecule has 1 saturated heterocycles. The minimum absolute atomic E-state index is 0.0138. The summed E-state index contributed by atoms with van der Waals surface area (Å²) in [6.07, 6.45) is 1.02. The molecule has 9 heteroatoms. The molecule has 0 spiro atoms. The number of likely N-dealkylation sites (N-methyl/N-ethyl adjacent to an activating group) is 1. The van der Waals surface area contributed by atoms with E-state index < -0.39 is 0 Å². The Morgan fingerprint density at radius 3 is 2.92 bits per heavy atom. The lowest BCUT2D eigenvalue weighted by atomic mass is 10.2.